The molecular formula is C9H15NO4. The average molecular weight is 201 g/mol. The van der Waals surface area contributed by atoms with E-state index in [4.69, 9.17) is 4.74 Å². The van der Waals surface area contributed by atoms with Crippen molar-refractivity contribution in [3.63, 3.8) is 0 Å². The Morgan fingerprint density at radius 2 is 2.00 bits per heavy atom. The molecule has 1 aliphatic carbocycles. The molecule has 1 amide bonds. The van der Waals surface area contributed by atoms with E-state index in [1.807, 2.05) is 0 Å². The third-order valence-electron chi connectivity index (χ3n) is 2.18. The van der Waals surface area contributed by atoms with Crippen molar-refractivity contribution < 1.29 is 19.1 Å². The monoisotopic (exact) mass is 201 g/mol. The maximum Gasteiger partial charge on any atom is 0.407 e. The summed E-state index contributed by atoms with van der Waals surface area (Å²) in [6.07, 6.45) is 3.54. The van der Waals surface area contributed by atoms with Crippen molar-refractivity contribution in [2.75, 3.05) is 13.7 Å². The zero-order valence-corrected chi connectivity index (χ0v) is 8.25. The molecule has 0 heterocycles. The van der Waals surface area contributed by atoms with Gasteiger partial charge in [-0.1, -0.05) is 0 Å². The summed E-state index contributed by atoms with van der Waals surface area (Å²) in [6, 6.07) is 0. The molecule has 1 aliphatic rings. The van der Waals surface area contributed by atoms with Crippen LogP contribution in [0, 0.1) is 0 Å². The van der Waals surface area contributed by atoms with E-state index in [-0.39, 0.29) is 12.6 Å². The van der Waals surface area contributed by atoms with E-state index in [2.05, 4.69) is 10.1 Å². The second-order valence-electron chi connectivity index (χ2n) is 3.24. The number of rotatable bonds is 3. The predicted molar refractivity (Wildman–Crippen MR) is 48.8 cm³/mol. The minimum Gasteiger partial charge on any atom is -0.468 e. The fourth-order valence-corrected chi connectivity index (χ4v) is 1.42. The van der Waals surface area contributed by atoms with Crippen molar-refractivity contribution in [3.8, 4) is 0 Å². The molecule has 1 saturated carbocycles. The number of nitrogens with one attached hydrogen (secondary N) is 1. The number of hydrogen-bond acceptors (Lipinski definition) is 4. The highest BCUT2D eigenvalue weighted by atomic mass is 16.6. The summed E-state index contributed by atoms with van der Waals surface area (Å²) in [6.45, 7) is -0.137. The molecule has 0 aromatic rings. The summed E-state index contributed by atoms with van der Waals surface area (Å²) in [4.78, 5) is 21.7. The van der Waals surface area contributed by atoms with Crippen molar-refractivity contribution in [1.82, 2.24) is 5.32 Å². The Morgan fingerprint density at radius 1 is 1.36 bits per heavy atom. The van der Waals surface area contributed by atoms with Crippen LogP contribution in [0.15, 0.2) is 0 Å². The summed E-state index contributed by atoms with van der Waals surface area (Å²) >= 11 is 0. The standard InChI is InChI=1S/C9H15NO4/c1-13-8(11)6-10-9(12)14-7-4-2-3-5-7/h7H,2-6H2,1H3,(H,10,12). The molecule has 0 unspecified atom stereocenters. The number of methoxy groups -OCH3 is 1. The smallest absolute Gasteiger partial charge is 0.407 e. The summed E-state index contributed by atoms with van der Waals surface area (Å²) < 4.78 is 9.41. The van der Waals surface area contributed by atoms with Crippen LogP contribution in [-0.2, 0) is 14.3 Å². The van der Waals surface area contributed by atoms with Gasteiger partial charge in [-0.25, -0.2) is 4.79 Å². The zero-order chi connectivity index (χ0) is 10.4. The lowest BCUT2D eigenvalue weighted by Crippen LogP contribution is -2.32. The number of ether oxygens (including phenoxy) is 2. The Labute approximate surface area is 82.8 Å². The van der Waals surface area contributed by atoms with Gasteiger partial charge in [0.05, 0.1) is 7.11 Å². The lowest BCUT2D eigenvalue weighted by molar-refractivity contribution is -0.139. The van der Waals surface area contributed by atoms with Crippen molar-refractivity contribution in [1.29, 1.82) is 0 Å². The first-order chi connectivity index (χ1) is 6.72. The second-order valence-corrected chi connectivity index (χ2v) is 3.24. The van der Waals surface area contributed by atoms with Gasteiger partial charge in [-0.3, -0.25) is 4.79 Å². The van der Waals surface area contributed by atoms with Crippen molar-refractivity contribution >= 4 is 12.1 Å². The van der Waals surface area contributed by atoms with Crippen LogP contribution in [-0.4, -0.2) is 31.8 Å². The quantitative estimate of drug-likeness (QED) is 0.687. The fourth-order valence-electron chi connectivity index (χ4n) is 1.42. The van der Waals surface area contributed by atoms with E-state index < -0.39 is 12.1 Å². The number of carbonyl (C=O) groups is 2. The molecule has 1 N–H and O–H groups in total. The van der Waals surface area contributed by atoms with Crippen LogP contribution in [0.25, 0.3) is 0 Å². The lowest BCUT2D eigenvalue weighted by Gasteiger charge is -2.11. The molecule has 1 fully saturated rings. The van der Waals surface area contributed by atoms with Gasteiger partial charge in [-0.05, 0) is 25.7 Å². The Balaban J connectivity index is 2.12. The summed E-state index contributed by atoms with van der Waals surface area (Å²) in [5.41, 5.74) is 0. The molecule has 0 aromatic carbocycles. The summed E-state index contributed by atoms with van der Waals surface area (Å²) in [7, 11) is 1.27. The Hall–Kier alpha value is -1.26. The van der Waals surface area contributed by atoms with Crippen molar-refractivity contribution in [2.24, 2.45) is 0 Å². The normalized spacial score (nSPS) is 16.4. The van der Waals surface area contributed by atoms with Crippen LogP contribution in [0.2, 0.25) is 0 Å². The minimum absolute atomic E-state index is 0.0210. The number of carbonyl (C=O) groups excluding carboxylic acids is 2. The molecule has 0 aromatic heterocycles. The fraction of sp³-hybridized carbons (Fsp3) is 0.778. The van der Waals surface area contributed by atoms with Gasteiger partial charge in [0.1, 0.15) is 12.6 Å². The largest absolute Gasteiger partial charge is 0.468 e. The van der Waals surface area contributed by atoms with Gasteiger partial charge in [0.2, 0.25) is 0 Å². The van der Waals surface area contributed by atoms with Crippen molar-refractivity contribution in [3.05, 3.63) is 0 Å². The Kier molecular flexibility index (Phi) is 4.22. The average Bonchev–Trinajstić information content (AvgIpc) is 2.66. The third kappa shape index (κ3) is 3.64. The molecule has 14 heavy (non-hydrogen) atoms. The van der Waals surface area contributed by atoms with E-state index in [1.165, 1.54) is 7.11 Å². The van der Waals surface area contributed by atoms with Gasteiger partial charge in [0, 0.05) is 0 Å². The molecule has 5 nitrogen and oxygen atoms in total. The summed E-state index contributed by atoms with van der Waals surface area (Å²) in [5.74, 6) is -0.478. The third-order valence-corrected chi connectivity index (χ3v) is 2.18. The van der Waals surface area contributed by atoms with Crippen LogP contribution >= 0.6 is 0 Å². The maximum atomic E-state index is 11.1. The predicted octanol–water partition coefficient (Wildman–Crippen LogP) is 0.828. The number of amides is 1. The van der Waals surface area contributed by atoms with Crippen LogP contribution < -0.4 is 5.32 Å². The van der Waals surface area contributed by atoms with E-state index >= 15 is 0 Å². The maximum absolute atomic E-state index is 11.1. The number of hydrogen-bond donors (Lipinski definition) is 1. The highest BCUT2D eigenvalue weighted by molar-refractivity contribution is 5.77. The first kappa shape index (κ1) is 10.8. The molecule has 0 radical (unpaired) electrons. The molecule has 0 atom stereocenters. The molecule has 0 saturated heterocycles. The Morgan fingerprint density at radius 3 is 2.57 bits per heavy atom. The zero-order valence-electron chi connectivity index (χ0n) is 8.25. The van der Waals surface area contributed by atoms with Gasteiger partial charge >= 0.3 is 12.1 Å². The van der Waals surface area contributed by atoms with Gasteiger partial charge in [-0.2, -0.15) is 0 Å². The molecule has 80 valence electrons. The van der Waals surface area contributed by atoms with Crippen molar-refractivity contribution in [2.45, 2.75) is 31.8 Å². The van der Waals surface area contributed by atoms with E-state index in [0.717, 1.165) is 25.7 Å². The minimum atomic E-state index is -0.540. The molecular weight excluding hydrogens is 186 g/mol. The molecule has 0 spiro atoms. The van der Waals surface area contributed by atoms with Gasteiger partial charge < -0.3 is 14.8 Å². The topological polar surface area (TPSA) is 64.6 Å². The molecule has 0 aliphatic heterocycles. The highest BCUT2D eigenvalue weighted by Gasteiger charge is 2.19. The first-order valence-corrected chi connectivity index (χ1v) is 4.73. The number of alkyl carbamates (subject to hydrolysis) is 1. The van der Waals surface area contributed by atoms with E-state index in [0.29, 0.717) is 0 Å². The van der Waals surface area contributed by atoms with Gasteiger partial charge in [0.15, 0.2) is 0 Å². The van der Waals surface area contributed by atoms with Gasteiger partial charge in [0.25, 0.3) is 0 Å². The number of esters is 1. The first-order valence-electron chi connectivity index (χ1n) is 4.73. The van der Waals surface area contributed by atoms with E-state index in [1.54, 1.807) is 0 Å². The lowest BCUT2D eigenvalue weighted by atomic mass is 10.3. The summed E-state index contributed by atoms with van der Waals surface area (Å²) in [5, 5.41) is 2.32. The SMILES string of the molecule is COC(=O)CNC(=O)OC1CCCC1. The van der Waals surface area contributed by atoms with Crippen LogP contribution in [0.5, 0.6) is 0 Å². The Bertz CT molecular complexity index is 211. The van der Waals surface area contributed by atoms with Crippen LogP contribution in [0.4, 0.5) is 4.79 Å². The highest BCUT2D eigenvalue weighted by Crippen LogP contribution is 2.20. The molecule has 5 heteroatoms. The second kappa shape index (κ2) is 5.47. The van der Waals surface area contributed by atoms with Crippen LogP contribution in [0.3, 0.4) is 0 Å². The molecule has 0 bridgehead atoms. The van der Waals surface area contributed by atoms with Crippen LogP contribution in [0.1, 0.15) is 25.7 Å². The van der Waals surface area contributed by atoms with Gasteiger partial charge in [-0.15, -0.1) is 0 Å². The molecule has 1 rings (SSSR count). The van der Waals surface area contributed by atoms with E-state index in [9.17, 15) is 9.59 Å².